The molecule has 1 heterocycles. The molecule has 0 aliphatic carbocycles. The van der Waals surface area contributed by atoms with Crippen LogP contribution in [0.25, 0.3) is 0 Å². The van der Waals surface area contributed by atoms with Gasteiger partial charge in [0.2, 0.25) is 8.32 Å². The summed E-state index contributed by atoms with van der Waals surface area (Å²) in [5.74, 6) is 0.711. The normalized spacial score (nSPS) is 22.6. The standard InChI is InChI=1S/C16H25NO3SSi/c1-16(2,3)22(4,5)20-12-8-6-11(7-9-12)14-17-13(10-21-14)15(18)19/h6-9,13-14,17H,10H2,1-5H3,(H,18,19). The van der Waals surface area contributed by atoms with Gasteiger partial charge in [-0.1, -0.05) is 32.9 Å². The lowest BCUT2D eigenvalue weighted by Gasteiger charge is -2.36. The van der Waals surface area contributed by atoms with Gasteiger partial charge in [0.25, 0.3) is 0 Å². The zero-order chi connectivity index (χ0) is 16.5. The van der Waals surface area contributed by atoms with Crippen LogP contribution in [-0.4, -0.2) is 31.2 Å². The van der Waals surface area contributed by atoms with Gasteiger partial charge in [-0.2, -0.15) is 0 Å². The Hall–Kier alpha value is -0.983. The molecule has 1 fully saturated rings. The van der Waals surface area contributed by atoms with E-state index in [2.05, 4.69) is 39.2 Å². The molecular weight excluding hydrogens is 314 g/mol. The Morgan fingerprint density at radius 3 is 2.36 bits per heavy atom. The Morgan fingerprint density at radius 2 is 1.91 bits per heavy atom. The minimum absolute atomic E-state index is 0.0445. The van der Waals surface area contributed by atoms with Gasteiger partial charge in [-0.3, -0.25) is 10.1 Å². The first-order valence-electron chi connectivity index (χ1n) is 7.49. The molecule has 122 valence electrons. The summed E-state index contributed by atoms with van der Waals surface area (Å²) in [6, 6.07) is 7.57. The lowest BCUT2D eigenvalue weighted by Crippen LogP contribution is -2.43. The summed E-state index contributed by atoms with van der Waals surface area (Å²) < 4.78 is 6.26. The van der Waals surface area contributed by atoms with Crippen LogP contribution in [0.5, 0.6) is 5.75 Å². The van der Waals surface area contributed by atoms with Crippen LogP contribution < -0.4 is 9.74 Å². The maximum atomic E-state index is 11.0. The Balaban J connectivity index is 2.04. The van der Waals surface area contributed by atoms with Crippen molar-refractivity contribution in [2.45, 2.75) is 50.3 Å². The number of hydrogen-bond donors (Lipinski definition) is 2. The molecule has 0 aromatic heterocycles. The molecule has 1 aromatic rings. The summed E-state index contributed by atoms with van der Waals surface area (Å²) in [6.45, 7) is 11.1. The number of benzene rings is 1. The van der Waals surface area contributed by atoms with Gasteiger partial charge < -0.3 is 9.53 Å². The van der Waals surface area contributed by atoms with Crippen molar-refractivity contribution in [2.75, 3.05) is 5.75 Å². The zero-order valence-corrected chi connectivity index (χ0v) is 15.7. The van der Waals surface area contributed by atoms with Crippen molar-refractivity contribution < 1.29 is 14.3 Å². The predicted octanol–water partition coefficient (Wildman–Crippen LogP) is 3.86. The van der Waals surface area contributed by atoms with Gasteiger partial charge in [0.1, 0.15) is 11.8 Å². The van der Waals surface area contributed by atoms with Gasteiger partial charge in [-0.15, -0.1) is 11.8 Å². The van der Waals surface area contributed by atoms with Gasteiger partial charge in [-0.05, 0) is 35.8 Å². The van der Waals surface area contributed by atoms with Crippen molar-refractivity contribution in [1.82, 2.24) is 5.32 Å². The van der Waals surface area contributed by atoms with Crippen molar-refractivity contribution in [3.8, 4) is 5.75 Å². The van der Waals surface area contributed by atoms with Crippen molar-refractivity contribution in [1.29, 1.82) is 0 Å². The second-order valence-electron chi connectivity index (χ2n) is 7.20. The molecule has 1 saturated heterocycles. The topological polar surface area (TPSA) is 58.6 Å². The lowest BCUT2D eigenvalue weighted by atomic mass is 10.2. The van der Waals surface area contributed by atoms with Crippen molar-refractivity contribution in [3.05, 3.63) is 29.8 Å². The second kappa shape index (κ2) is 6.26. The quantitative estimate of drug-likeness (QED) is 0.816. The molecule has 1 aromatic carbocycles. The molecule has 1 aliphatic rings. The predicted molar refractivity (Wildman–Crippen MR) is 94.0 cm³/mol. The number of nitrogens with one attached hydrogen (secondary N) is 1. The molecule has 2 unspecified atom stereocenters. The van der Waals surface area contributed by atoms with Crippen molar-refractivity contribution in [3.63, 3.8) is 0 Å². The van der Waals surface area contributed by atoms with Crippen LogP contribution >= 0.6 is 11.8 Å². The number of carbonyl (C=O) groups is 1. The minimum atomic E-state index is -1.82. The van der Waals surface area contributed by atoms with Crippen LogP contribution in [0.15, 0.2) is 24.3 Å². The van der Waals surface area contributed by atoms with E-state index < -0.39 is 20.3 Å². The van der Waals surface area contributed by atoms with Gasteiger partial charge in [0, 0.05) is 5.75 Å². The van der Waals surface area contributed by atoms with Gasteiger partial charge >= 0.3 is 5.97 Å². The SMILES string of the molecule is CC(C)(C)[Si](C)(C)Oc1ccc(C2NC(C(=O)O)CS2)cc1. The molecular formula is C16H25NO3SSi. The summed E-state index contributed by atoms with van der Waals surface area (Å²) in [5.41, 5.74) is 1.09. The molecule has 0 radical (unpaired) electrons. The highest BCUT2D eigenvalue weighted by Gasteiger charge is 2.39. The number of carboxylic acids is 1. The van der Waals surface area contributed by atoms with Crippen LogP contribution in [0.1, 0.15) is 31.7 Å². The van der Waals surface area contributed by atoms with E-state index in [0.29, 0.717) is 5.75 Å². The maximum Gasteiger partial charge on any atom is 0.321 e. The average Bonchev–Trinajstić information content (AvgIpc) is 2.87. The van der Waals surface area contributed by atoms with Crippen molar-refractivity contribution in [2.24, 2.45) is 0 Å². The first kappa shape index (κ1) is 17.4. The van der Waals surface area contributed by atoms with E-state index in [1.807, 2.05) is 24.3 Å². The average molecular weight is 340 g/mol. The molecule has 0 spiro atoms. The first-order valence-corrected chi connectivity index (χ1v) is 11.5. The van der Waals surface area contributed by atoms with Crippen molar-refractivity contribution >= 4 is 26.0 Å². The molecule has 2 N–H and O–H groups in total. The van der Waals surface area contributed by atoms with E-state index in [9.17, 15) is 4.79 Å². The first-order chi connectivity index (χ1) is 10.1. The second-order valence-corrected chi connectivity index (χ2v) is 13.1. The third kappa shape index (κ3) is 3.85. The lowest BCUT2D eigenvalue weighted by molar-refractivity contribution is -0.138. The largest absolute Gasteiger partial charge is 0.544 e. The van der Waals surface area contributed by atoms with Gasteiger partial charge in [0.05, 0.1) is 5.37 Å². The molecule has 22 heavy (non-hydrogen) atoms. The molecule has 2 rings (SSSR count). The number of carboxylic acid groups (broad SMARTS) is 1. The van der Waals surface area contributed by atoms with Crippen LogP contribution in [0.3, 0.4) is 0 Å². The third-order valence-electron chi connectivity index (χ3n) is 4.44. The Morgan fingerprint density at radius 1 is 1.32 bits per heavy atom. The minimum Gasteiger partial charge on any atom is -0.544 e. The van der Waals surface area contributed by atoms with Crippen LogP contribution in [0.2, 0.25) is 18.1 Å². The van der Waals surface area contributed by atoms with Gasteiger partial charge in [0.15, 0.2) is 0 Å². The summed E-state index contributed by atoms with van der Waals surface area (Å²) in [4.78, 5) is 11.0. The fraction of sp³-hybridized carbons (Fsp3) is 0.562. The Bertz CT molecular complexity index is 539. The zero-order valence-electron chi connectivity index (χ0n) is 13.8. The number of hydrogen-bond acceptors (Lipinski definition) is 4. The van der Waals surface area contributed by atoms with E-state index in [4.69, 9.17) is 9.53 Å². The van der Waals surface area contributed by atoms with E-state index in [1.54, 1.807) is 11.8 Å². The van der Waals surface area contributed by atoms with Crippen LogP contribution in [0, 0.1) is 0 Å². The van der Waals surface area contributed by atoms with Crippen LogP contribution in [-0.2, 0) is 4.79 Å². The smallest absolute Gasteiger partial charge is 0.321 e. The summed E-state index contributed by atoms with van der Waals surface area (Å²) >= 11 is 1.63. The monoisotopic (exact) mass is 339 g/mol. The fourth-order valence-corrected chi connectivity index (χ4v) is 4.23. The molecule has 0 bridgehead atoms. The summed E-state index contributed by atoms with van der Waals surface area (Å²) in [6.07, 6.45) is 0. The highest BCUT2D eigenvalue weighted by atomic mass is 32.2. The molecule has 2 atom stereocenters. The molecule has 6 heteroatoms. The molecule has 0 saturated carbocycles. The highest BCUT2D eigenvalue weighted by Crippen LogP contribution is 2.38. The van der Waals surface area contributed by atoms with E-state index in [-0.39, 0.29) is 10.4 Å². The van der Waals surface area contributed by atoms with E-state index in [1.165, 1.54) is 0 Å². The molecule has 0 amide bonds. The number of thioether (sulfide) groups is 1. The molecule has 1 aliphatic heterocycles. The maximum absolute atomic E-state index is 11.0. The number of rotatable bonds is 4. The summed E-state index contributed by atoms with van der Waals surface area (Å²) in [7, 11) is -1.82. The highest BCUT2D eigenvalue weighted by molar-refractivity contribution is 7.99. The number of aliphatic carboxylic acids is 1. The van der Waals surface area contributed by atoms with E-state index in [0.717, 1.165) is 11.3 Å². The molecule has 4 nitrogen and oxygen atoms in total. The summed E-state index contributed by atoms with van der Waals surface area (Å²) in [5, 5.41) is 12.4. The van der Waals surface area contributed by atoms with Crippen LogP contribution in [0.4, 0.5) is 0 Å². The third-order valence-corrected chi connectivity index (χ3v) is 10.1. The Labute approximate surface area is 137 Å². The fourth-order valence-electron chi connectivity index (χ4n) is 1.96. The Kier molecular flexibility index (Phi) is 4.94. The van der Waals surface area contributed by atoms with Gasteiger partial charge in [-0.25, -0.2) is 0 Å². The van der Waals surface area contributed by atoms with E-state index >= 15 is 0 Å².